The third kappa shape index (κ3) is 9.80. The van der Waals surface area contributed by atoms with Crippen molar-refractivity contribution in [1.29, 1.82) is 0 Å². The maximum atomic E-state index is 12.6. The number of guanidine groups is 1. The third-order valence-electron chi connectivity index (χ3n) is 5.43. The molecular formula is C22H34F3IN4O2. The van der Waals surface area contributed by atoms with Gasteiger partial charge in [0.1, 0.15) is 0 Å². The molecule has 2 heterocycles. The molecular weight excluding hydrogens is 536 g/mol. The Morgan fingerprint density at radius 2 is 1.97 bits per heavy atom. The van der Waals surface area contributed by atoms with Crippen molar-refractivity contribution in [3.8, 4) is 0 Å². The molecule has 2 saturated heterocycles. The number of aliphatic imine (C=N–C) groups is 1. The molecule has 10 heteroatoms. The quantitative estimate of drug-likeness (QED) is 0.284. The summed E-state index contributed by atoms with van der Waals surface area (Å²) in [7, 11) is 0. The Hall–Kier alpha value is -1.11. The lowest BCUT2D eigenvalue weighted by Crippen LogP contribution is -2.45. The van der Waals surface area contributed by atoms with Crippen molar-refractivity contribution in [3.05, 3.63) is 35.4 Å². The van der Waals surface area contributed by atoms with Crippen molar-refractivity contribution in [2.24, 2.45) is 4.99 Å². The van der Waals surface area contributed by atoms with E-state index >= 15 is 0 Å². The van der Waals surface area contributed by atoms with Gasteiger partial charge in [0.25, 0.3) is 0 Å². The highest BCUT2D eigenvalue weighted by molar-refractivity contribution is 14.0. The lowest BCUT2D eigenvalue weighted by molar-refractivity contribution is -0.143. The predicted octanol–water partition coefficient (Wildman–Crippen LogP) is 3.69. The normalized spacial score (nSPS) is 20.8. The van der Waals surface area contributed by atoms with E-state index in [1.54, 1.807) is 0 Å². The van der Waals surface area contributed by atoms with E-state index in [9.17, 15) is 13.2 Å². The highest BCUT2D eigenvalue weighted by Gasteiger charge is 2.34. The number of alkyl halides is 3. The van der Waals surface area contributed by atoms with E-state index in [4.69, 9.17) is 9.47 Å². The van der Waals surface area contributed by atoms with Crippen molar-refractivity contribution in [2.45, 2.75) is 57.7 Å². The number of likely N-dealkylation sites (tertiary alicyclic amines) is 1. The van der Waals surface area contributed by atoms with Gasteiger partial charge in [-0.05, 0) is 37.3 Å². The Bertz CT molecular complexity index is 715. The fourth-order valence-electron chi connectivity index (χ4n) is 3.91. The summed E-state index contributed by atoms with van der Waals surface area (Å²) in [4.78, 5) is 6.07. The van der Waals surface area contributed by atoms with Crippen LogP contribution in [-0.2, 0) is 22.6 Å². The van der Waals surface area contributed by atoms with E-state index in [1.807, 2.05) is 25.1 Å². The largest absolute Gasteiger partial charge is 0.401 e. The first-order chi connectivity index (χ1) is 14.9. The predicted molar refractivity (Wildman–Crippen MR) is 129 cm³/mol. The Labute approximate surface area is 205 Å². The van der Waals surface area contributed by atoms with Gasteiger partial charge in [-0.2, -0.15) is 13.2 Å². The van der Waals surface area contributed by atoms with Crippen LogP contribution in [0.5, 0.6) is 0 Å². The topological polar surface area (TPSA) is 58.1 Å². The van der Waals surface area contributed by atoms with Gasteiger partial charge in [0, 0.05) is 38.9 Å². The van der Waals surface area contributed by atoms with Crippen molar-refractivity contribution in [2.75, 3.05) is 39.4 Å². The van der Waals surface area contributed by atoms with Crippen molar-refractivity contribution >= 4 is 29.9 Å². The first-order valence-electron chi connectivity index (χ1n) is 11.0. The number of rotatable bonds is 8. The van der Waals surface area contributed by atoms with E-state index in [0.717, 1.165) is 37.2 Å². The molecule has 2 aliphatic rings. The molecule has 0 aliphatic carbocycles. The molecule has 2 aliphatic heterocycles. The lowest BCUT2D eigenvalue weighted by Gasteiger charge is -2.22. The van der Waals surface area contributed by atoms with Gasteiger partial charge in [-0.1, -0.05) is 24.3 Å². The van der Waals surface area contributed by atoms with Gasteiger partial charge in [0.15, 0.2) is 5.96 Å². The summed E-state index contributed by atoms with van der Waals surface area (Å²) < 4.78 is 49.2. The molecule has 1 atom stereocenters. The Morgan fingerprint density at radius 3 is 2.69 bits per heavy atom. The number of hydrogen-bond donors (Lipinski definition) is 2. The SMILES string of the molecule is CCNC(=NCc1cccc(COC2CCOCC2)c1)NC1CCN(CC(F)(F)F)C1.I. The average Bonchev–Trinajstić information content (AvgIpc) is 3.17. The van der Waals surface area contributed by atoms with Crippen LogP contribution in [0.1, 0.15) is 37.3 Å². The van der Waals surface area contributed by atoms with Gasteiger partial charge in [-0.15, -0.1) is 24.0 Å². The number of halogens is 4. The number of nitrogens with zero attached hydrogens (tertiary/aromatic N) is 2. The summed E-state index contributed by atoms with van der Waals surface area (Å²) in [5.41, 5.74) is 2.17. The maximum Gasteiger partial charge on any atom is 0.401 e. The molecule has 0 bridgehead atoms. The third-order valence-corrected chi connectivity index (χ3v) is 5.43. The summed E-state index contributed by atoms with van der Waals surface area (Å²) in [5.74, 6) is 0.630. The highest BCUT2D eigenvalue weighted by Crippen LogP contribution is 2.20. The first-order valence-corrected chi connectivity index (χ1v) is 11.0. The minimum Gasteiger partial charge on any atom is -0.381 e. The summed E-state index contributed by atoms with van der Waals surface area (Å²) >= 11 is 0. The van der Waals surface area contributed by atoms with E-state index < -0.39 is 12.7 Å². The van der Waals surface area contributed by atoms with Gasteiger partial charge < -0.3 is 20.1 Å². The van der Waals surface area contributed by atoms with Crippen molar-refractivity contribution in [3.63, 3.8) is 0 Å². The summed E-state index contributed by atoms with van der Waals surface area (Å²) in [6.07, 6.45) is -1.37. The van der Waals surface area contributed by atoms with Crippen LogP contribution in [0.25, 0.3) is 0 Å². The smallest absolute Gasteiger partial charge is 0.381 e. The molecule has 2 N–H and O–H groups in total. The summed E-state index contributed by atoms with van der Waals surface area (Å²) in [5, 5.41) is 6.47. The van der Waals surface area contributed by atoms with Crippen LogP contribution in [-0.4, -0.2) is 68.6 Å². The Morgan fingerprint density at radius 1 is 1.22 bits per heavy atom. The molecule has 6 nitrogen and oxygen atoms in total. The Kier molecular flexibility index (Phi) is 11.5. The fraction of sp³-hybridized carbons (Fsp3) is 0.682. The monoisotopic (exact) mass is 570 g/mol. The van der Waals surface area contributed by atoms with Crippen LogP contribution in [0.3, 0.4) is 0 Å². The van der Waals surface area contributed by atoms with E-state index in [2.05, 4.69) is 21.7 Å². The molecule has 1 unspecified atom stereocenters. The second kappa shape index (κ2) is 13.6. The highest BCUT2D eigenvalue weighted by atomic mass is 127. The first kappa shape index (κ1) is 27.1. The van der Waals surface area contributed by atoms with Crippen LogP contribution >= 0.6 is 24.0 Å². The minimum atomic E-state index is -4.16. The second-order valence-electron chi connectivity index (χ2n) is 8.12. The van der Waals surface area contributed by atoms with Crippen LogP contribution in [0.2, 0.25) is 0 Å². The second-order valence-corrected chi connectivity index (χ2v) is 8.12. The average molecular weight is 570 g/mol. The van der Waals surface area contributed by atoms with E-state index in [-0.39, 0.29) is 36.1 Å². The van der Waals surface area contributed by atoms with E-state index in [1.165, 1.54) is 4.90 Å². The number of hydrogen-bond acceptors (Lipinski definition) is 4. The zero-order valence-electron chi connectivity index (χ0n) is 18.5. The zero-order valence-corrected chi connectivity index (χ0v) is 20.8. The van der Waals surface area contributed by atoms with Gasteiger partial charge >= 0.3 is 6.18 Å². The van der Waals surface area contributed by atoms with Crippen molar-refractivity contribution < 1.29 is 22.6 Å². The van der Waals surface area contributed by atoms with Crippen LogP contribution in [0.15, 0.2) is 29.3 Å². The van der Waals surface area contributed by atoms with Gasteiger partial charge in [0.2, 0.25) is 0 Å². The molecule has 0 saturated carbocycles. The standard InChI is InChI=1S/C22H33F3N4O2.HI/c1-2-26-21(28-19-6-9-29(14-19)16-22(23,24)25)27-13-17-4-3-5-18(12-17)15-31-20-7-10-30-11-8-20;/h3-5,12,19-20H,2,6-11,13-16H2,1H3,(H2,26,27,28);1H. The molecule has 3 rings (SSSR count). The Balaban J connectivity index is 0.00000363. The van der Waals surface area contributed by atoms with Crippen LogP contribution < -0.4 is 10.6 Å². The van der Waals surface area contributed by atoms with Gasteiger partial charge in [-0.25, -0.2) is 4.99 Å². The maximum absolute atomic E-state index is 12.6. The molecule has 0 aromatic heterocycles. The minimum absolute atomic E-state index is 0. The fourth-order valence-corrected chi connectivity index (χ4v) is 3.91. The number of nitrogens with one attached hydrogen (secondary N) is 2. The van der Waals surface area contributed by atoms with Gasteiger partial charge in [0.05, 0.1) is 25.8 Å². The van der Waals surface area contributed by atoms with Crippen molar-refractivity contribution in [1.82, 2.24) is 15.5 Å². The van der Waals surface area contributed by atoms with Crippen LogP contribution in [0.4, 0.5) is 13.2 Å². The number of benzene rings is 1. The molecule has 32 heavy (non-hydrogen) atoms. The van der Waals surface area contributed by atoms with Gasteiger partial charge in [-0.3, -0.25) is 4.90 Å². The molecule has 1 aromatic carbocycles. The lowest BCUT2D eigenvalue weighted by atomic mass is 10.1. The molecule has 1 aromatic rings. The molecule has 0 amide bonds. The summed E-state index contributed by atoms with van der Waals surface area (Å²) in [6.45, 7) is 5.16. The van der Waals surface area contributed by atoms with Crippen LogP contribution in [0, 0.1) is 0 Å². The molecule has 2 fully saturated rings. The molecule has 0 radical (unpaired) electrons. The number of ether oxygens (including phenoxy) is 2. The summed E-state index contributed by atoms with van der Waals surface area (Å²) in [6, 6.07) is 8.11. The molecule has 182 valence electrons. The molecule has 0 spiro atoms. The zero-order chi connectivity index (χ0) is 22.1. The van der Waals surface area contributed by atoms with E-state index in [0.29, 0.717) is 45.2 Å².